The van der Waals surface area contributed by atoms with E-state index in [9.17, 15) is 5.11 Å². The highest BCUT2D eigenvalue weighted by atomic mass is 32.2. The van der Waals surface area contributed by atoms with E-state index in [-0.39, 0.29) is 0 Å². The highest BCUT2D eigenvalue weighted by molar-refractivity contribution is 7.99. The third-order valence-corrected chi connectivity index (χ3v) is 6.47. The van der Waals surface area contributed by atoms with E-state index in [1.165, 1.54) is 6.08 Å². The molecular weight excluding hydrogens is 446 g/mol. The van der Waals surface area contributed by atoms with Crippen LogP contribution >= 0.6 is 11.8 Å². The number of hydrogen-bond donors (Lipinski definition) is 2. The molecule has 1 aliphatic heterocycles. The second-order valence-electron chi connectivity index (χ2n) is 8.04. The molecule has 3 aromatic rings. The van der Waals surface area contributed by atoms with E-state index in [4.69, 9.17) is 10.00 Å². The smallest absolute Gasteiger partial charge is 0.230 e. The first kappa shape index (κ1) is 23.8. The van der Waals surface area contributed by atoms with Gasteiger partial charge in [0.1, 0.15) is 12.0 Å². The second-order valence-corrected chi connectivity index (χ2v) is 9.26. The van der Waals surface area contributed by atoms with Gasteiger partial charge in [0, 0.05) is 48.6 Å². The third-order valence-electron chi connectivity index (χ3n) is 5.53. The highest BCUT2D eigenvalue weighted by Gasteiger charge is 2.19. The van der Waals surface area contributed by atoms with Crippen LogP contribution in [-0.2, 0) is 0 Å². The van der Waals surface area contributed by atoms with Gasteiger partial charge >= 0.3 is 0 Å². The van der Waals surface area contributed by atoms with Gasteiger partial charge in [-0.05, 0) is 66.4 Å². The SMILES string of the molecule is Cc1cc(/C=C/C#N)cc(C)c1Oc1ccnc(Nc2ccc(C(O)N3CCSCC3)cc2)n1. The van der Waals surface area contributed by atoms with Crippen LogP contribution in [0.2, 0.25) is 0 Å². The Morgan fingerprint density at radius 1 is 1.15 bits per heavy atom. The van der Waals surface area contributed by atoms with Crippen LogP contribution < -0.4 is 10.1 Å². The monoisotopic (exact) mass is 473 g/mol. The first-order chi connectivity index (χ1) is 16.5. The molecular formula is C26H27N5O2S. The zero-order valence-electron chi connectivity index (χ0n) is 19.2. The number of allylic oxidation sites excluding steroid dienone is 1. The Balaban J connectivity index is 1.44. The minimum absolute atomic E-state index is 0.419. The summed E-state index contributed by atoms with van der Waals surface area (Å²) in [5, 5.41) is 22.6. The molecule has 0 amide bonds. The topological polar surface area (TPSA) is 94.3 Å². The molecule has 0 aliphatic carbocycles. The standard InChI is InChI=1S/C26H27N5O2S/c1-18-16-20(4-3-10-27)17-19(2)24(18)33-23-9-11-28-26(30-23)29-22-7-5-21(6-8-22)25(32)31-12-14-34-15-13-31/h3-9,11,16-17,25,32H,12-15H2,1-2H3,(H,28,29,30)/b4-3+. The first-order valence-corrected chi connectivity index (χ1v) is 12.2. The number of aliphatic hydroxyl groups excluding tert-OH is 1. The van der Waals surface area contributed by atoms with Gasteiger partial charge in [0.15, 0.2) is 0 Å². The molecule has 1 aliphatic rings. The zero-order chi connectivity index (χ0) is 23.9. The fourth-order valence-electron chi connectivity index (χ4n) is 3.84. The largest absolute Gasteiger partial charge is 0.438 e. The molecule has 1 fully saturated rings. The van der Waals surface area contributed by atoms with Crippen LogP contribution in [0.15, 0.2) is 54.7 Å². The summed E-state index contributed by atoms with van der Waals surface area (Å²) < 4.78 is 6.08. The molecule has 1 saturated heterocycles. The van der Waals surface area contributed by atoms with Crippen molar-refractivity contribution in [2.75, 3.05) is 29.9 Å². The maximum atomic E-state index is 10.6. The summed E-state index contributed by atoms with van der Waals surface area (Å²) in [4.78, 5) is 10.9. The fourth-order valence-corrected chi connectivity index (χ4v) is 4.77. The number of aromatic nitrogens is 2. The molecule has 1 aromatic heterocycles. The summed E-state index contributed by atoms with van der Waals surface area (Å²) in [6.07, 6.45) is 4.28. The first-order valence-electron chi connectivity index (χ1n) is 11.1. The Labute approximate surface area is 204 Å². The van der Waals surface area contributed by atoms with Crippen LogP contribution in [0.1, 0.15) is 28.5 Å². The lowest BCUT2D eigenvalue weighted by Crippen LogP contribution is -2.35. The Morgan fingerprint density at radius 3 is 2.53 bits per heavy atom. The van der Waals surface area contributed by atoms with E-state index in [0.29, 0.717) is 11.8 Å². The molecule has 0 bridgehead atoms. The van der Waals surface area contributed by atoms with E-state index in [1.807, 2.05) is 68.1 Å². The molecule has 8 heteroatoms. The average molecular weight is 474 g/mol. The number of nitrogens with zero attached hydrogens (tertiary/aromatic N) is 4. The van der Waals surface area contributed by atoms with Crippen LogP contribution in [0.5, 0.6) is 11.6 Å². The Hall–Kier alpha value is -3.38. The van der Waals surface area contributed by atoms with Crippen molar-refractivity contribution in [1.29, 1.82) is 5.26 Å². The molecule has 0 radical (unpaired) electrons. The number of aliphatic hydroxyl groups is 1. The fraction of sp³-hybridized carbons (Fsp3) is 0.269. The molecule has 2 aromatic carbocycles. The molecule has 2 N–H and O–H groups in total. The van der Waals surface area contributed by atoms with Crippen LogP contribution in [-0.4, -0.2) is 44.6 Å². The summed E-state index contributed by atoms with van der Waals surface area (Å²) in [5.41, 5.74) is 4.54. The summed E-state index contributed by atoms with van der Waals surface area (Å²) in [7, 11) is 0. The lowest BCUT2D eigenvalue weighted by atomic mass is 10.1. The van der Waals surface area contributed by atoms with Crippen molar-refractivity contribution in [2.45, 2.75) is 20.1 Å². The number of nitrogens with one attached hydrogen (secondary N) is 1. The molecule has 0 spiro atoms. The highest BCUT2D eigenvalue weighted by Crippen LogP contribution is 2.30. The van der Waals surface area contributed by atoms with Crippen LogP contribution in [0.3, 0.4) is 0 Å². The van der Waals surface area contributed by atoms with Gasteiger partial charge in [-0.3, -0.25) is 4.90 Å². The van der Waals surface area contributed by atoms with Gasteiger partial charge < -0.3 is 15.2 Å². The minimum atomic E-state index is -0.587. The molecule has 4 rings (SSSR count). The predicted octanol–water partition coefficient (Wildman–Crippen LogP) is 5.21. The van der Waals surface area contributed by atoms with Crippen molar-refractivity contribution in [3.63, 3.8) is 0 Å². The van der Waals surface area contributed by atoms with Gasteiger partial charge in [-0.25, -0.2) is 4.98 Å². The molecule has 7 nitrogen and oxygen atoms in total. The summed E-state index contributed by atoms with van der Waals surface area (Å²) in [6.45, 7) is 5.71. The average Bonchev–Trinajstić information content (AvgIpc) is 2.86. The number of aryl methyl sites for hydroxylation is 2. The van der Waals surface area contributed by atoms with Gasteiger partial charge in [0.05, 0.1) is 6.07 Å². The van der Waals surface area contributed by atoms with Crippen LogP contribution in [0.25, 0.3) is 6.08 Å². The normalized spacial score (nSPS) is 15.1. The van der Waals surface area contributed by atoms with Crippen LogP contribution in [0, 0.1) is 25.2 Å². The van der Waals surface area contributed by atoms with Crippen LogP contribution in [0.4, 0.5) is 11.6 Å². The summed E-state index contributed by atoms with van der Waals surface area (Å²) in [5.74, 6) is 3.68. The Morgan fingerprint density at radius 2 is 1.85 bits per heavy atom. The number of ether oxygens (including phenoxy) is 1. The number of rotatable bonds is 7. The molecule has 1 unspecified atom stereocenters. The number of nitriles is 1. The van der Waals surface area contributed by atoms with E-state index in [2.05, 4.69) is 20.2 Å². The van der Waals surface area contributed by atoms with Crippen molar-refractivity contribution in [2.24, 2.45) is 0 Å². The number of benzene rings is 2. The predicted molar refractivity (Wildman–Crippen MR) is 136 cm³/mol. The lowest BCUT2D eigenvalue weighted by molar-refractivity contribution is 0.00882. The summed E-state index contributed by atoms with van der Waals surface area (Å²) in [6, 6.07) is 15.3. The van der Waals surface area contributed by atoms with Crippen molar-refractivity contribution in [3.8, 4) is 17.7 Å². The number of thioether (sulfide) groups is 1. The molecule has 1 atom stereocenters. The maximum Gasteiger partial charge on any atom is 0.230 e. The van der Waals surface area contributed by atoms with Crippen molar-refractivity contribution in [1.82, 2.24) is 14.9 Å². The van der Waals surface area contributed by atoms with E-state index < -0.39 is 6.23 Å². The third kappa shape index (κ3) is 5.94. The van der Waals surface area contributed by atoms with Crippen molar-refractivity contribution < 1.29 is 9.84 Å². The molecule has 0 saturated carbocycles. The van der Waals surface area contributed by atoms with Crippen molar-refractivity contribution in [3.05, 3.63) is 77.0 Å². The summed E-state index contributed by atoms with van der Waals surface area (Å²) >= 11 is 1.92. The minimum Gasteiger partial charge on any atom is -0.438 e. The van der Waals surface area contributed by atoms with Gasteiger partial charge in [-0.15, -0.1) is 0 Å². The Bertz CT molecular complexity index is 1180. The Kier molecular flexibility index (Phi) is 7.80. The van der Waals surface area contributed by atoms with Gasteiger partial charge in [-0.2, -0.15) is 22.0 Å². The van der Waals surface area contributed by atoms with Gasteiger partial charge in [0.25, 0.3) is 0 Å². The molecule has 174 valence electrons. The number of hydrogen-bond acceptors (Lipinski definition) is 8. The van der Waals surface area contributed by atoms with E-state index in [1.54, 1.807) is 18.3 Å². The van der Waals surface area contributed by atoms with Gasteiger partial charge in [-0.1, -0.05) is 12.1 Å². The van der Waals surface area contributed by atoms with Gasteiger partial charge in [0.2, 0.25) is 11.8 Å². The van der Waals surface area contributed by atoms with E-state index >= 15 is 0 Å². The van der Waals surface area contributed by atoms with Crippen molar-refractivity contribution >= 4 is 29.5 Å². The quantitative estimate of drug-likeness (QED) is 0.452. The zero-order valence-corrected chi connectivity index (χ0v) is 20.0. The lowest BCUT2D eigenvalue weighted by Gasteiger charge is -2.31. The maximum absolute atomic E-state index is 10.6. The molecule has 34 heavy (non-hydrogen) atoms. The number of anilines is 2. The molecule has 2 heterocycles. The van der Waals surface area contributed by atoms with E-state index in [0.717, 1.165) is 58.3 Å². The second kappa shape index (κ2) is 11.2.